The number of benzene rings is 1. The second-order valence-corrected chi connectivity index (χ2v) is 4.98. The zero-order valence-corrected chi connectivity index (χ0v) is 11.2. The number of allylic oxidation sites excluding steroid dienone is 1. The first-order chi connectivity index (χ1) is 8.85. The Labute approximate surface area is 111 Å². The molecule has 1 aromatic rings. The van der Waals surface area contributed by atoms with E-state index >= 15 is 0 Å². The molecule has 1 aromatic carbocycles. The van der Waals surface area contributed by atoms with E-state index in [1.54, 1.807) is 0 Å². The predicted octanol–water partition coefficient (Wildman–Crippen LogP) is 4.39. The van der Waals surface area contributed by atoms with Crippen LogP contribution in [0, 0.1) is 0 Å². The fraction of sp³-hybridized carbons (Fsp3) is 0.412. The summed E-state index contributed by atoms with van der Waals surface area (Å²) in [5, 5.41) is 3.79. The Morgan fingerprint density at radius 3 is 2.50 bits per heavy atom. The lowest BCUT2D eigenvalue weighted by molar-refractivity contribution is 0.478. The maximum atomic E-state index is 3.94. The highest BCUT2D eigenvalue weighted by atomic mass is 15.0. The maximum absolute atomic E-state index is 3.94. The molecule has 1 N–H and O–H groups in total. The van der Waals surface area contributed by atoms with Gasteiger partial charge in [0.05, 0.1) is 6.04 Å². The van der Waals surface area contributed by atoms with E-state index in [9.17, 15) is 0 Å². The molecule has 1 atom stereocenters. The van der Waals surface area contributed by atoms with Crippen molar-refractivity contribution in [2.75, 3.05) is 0 Å². The molecule has 1 unspecified atom stereocenters. The minimum atomic E-state index is 0.289. The molecule has 1 aliphatic carbocycles. The summed E-state index contributed by atoms with van der Waals surface area (Å²) in [5.41, 5.74) is 2.60. The monoisotopic (exact) mass is 241 g/mol. The maximum Gasteiger partial charge on any atom is 0.0575 e. The molecule has 0 aliphatic heterocycles. The number of hydrogen-bond donors (Lipinski definition) is 1. The largest absolute Gasteiger partial charge is 0.303 e. The van der Waals surface area contributed by atoms with Crippen molar-refractivity contribution < 1.29 is 0 Å². The van der Waals surface area contributed by atoms with Crippen LogP contribution in [-0.2, 0) is 0 Å². The van der Waals surface area contributed by atoms with Crippen LogP contribution in [0.4, 0.5) is 0 Å². The van der Waals surface area contributed by atoms with Crippen molar-refractivity contribution in [3.8, 4) is 0 Å². The highest BCUT2D eigenvalue weighted by Crippen LogP contribution is 2.27. The van der Waals surface area contributed by atoms with E-state index in [0.717, 1.165) is 0 Å². The molecule has 0 heterocycles. The SMILES string of the molecule is C=CC(=CC)C(NC1CCCC1)c1ccccc1. The van der Waals surface area contributed by atoms with E-state index in [1.807, 2.05) is 6.08 Å². The van der Waals surface area contributed by atoms with Crippen LogP contribution in [0.5, 0.6) is 0 Å². The third kappa shape index (κ3) is 3.11. The third-order valence-electron chi connectivity index (χ3n) is 3.79. The molecule has 1 heteroatoms. The van der Waals surface area contributed by atoms with Crippen molar-refractivity contribution in [3.63, 3.8) is 0 Å². The van der Waals surface area contributed by atoms with Crippen LogP contribution in [0.1, 0.15) is 44.2 Å². The molecule has 0 saturated heterocycles. The zero-order valence-electron chi connectivity index (χ0n) is 11.2. The van der Waals surface area contributed by atoms with Gasteiger partial charge < -0.3 is 5.32 Å². The van der Waals surface area contributed by atoms with Gasteiger partial charge in [0.1, 0.15) is 0 Å². The summed E-state index contributed by atoms with van der Waals surface area (Å²) in [4.78, 5) is 0. The van der Waals surface area contributed by atoms with Gasteiger partial charge in [0.15, 0.2) is 0 Å². The molecule has 0 amide bonds. The highest BCUT2D eigenvalue weighted by molar-refractivity contribution is 5.33. The van der Waals surface area contributed by atoms with Gasteiger partial charge in [0, 0.05) is 6.04 Å². The van der Waals surface area contributed by atoms with Crippen LogP contribution in [0.15, 0.2) is 54.6 Å². The van der Waals surface area contributed by atoms with E-state index in [2.05, 4.69) is 55.2 Å². The van der Waals surface area contributed by atoms with Gasteiger partial charge >= 0.3 is 0 Å². The first-order valence-electron chi connectivity index (χ1n) is 6.94. The average Bonchev–Trinajstić information content (AvgIpc) is 2.93. The van der Waals surface area contributed by atoms with Crippen LogP contribution in [0.25, 0.3) is 0 Å². The van der Waals surface area contributed by atoms with Crippen LogP contribution in [0.3, 0.4) is 0 Å². The van der Waals surface area contributed by atoms with Gasteiger partial charge in [-0.2, -0.15) is 0 Å². The molecule has 18 heavy (non-hydrogen) atoms. The zero-order chi connectivity index (χ0) is 12.8. The quantitative estimate of drug-likeness (QED) is 0.754. The van der Waals surface area contributed by atoms with E-state index in [4.69, 9.17) is 0 Å². The molecule has 2 rings (SSSR count). The van der Waals surface area contributed by atoms with Gasteiger partial charge in [-0.15, -0.1) is 0 Å². The highest BCUT2D eigenvalue weighted by Gasteiger charge is 2.21. The van der Waals surface area contributed by atoms with Crippen LogP contribution >= 0.6 is 0 Å². The molecular formula is C17H23N. The Kier molecular flexibility index (Phi) is 4.77. The second-order valence-electron chi connectivity index (χ2n) is 4.98. The Balaban J connectivity index is 2.19. The summed E-state index contributed by atoms with van der Waals surface area (Å²) in [6.45, 7) is 6.03. The Morgan fingerprint density at radius 1 is 1.28 bits per heavy atom. The molecule has 0 bridgehead atoms. The minimum Gasteiger partial charge on any atom is -0.303 e. The topological polar surface area (TPSA) is 12.0 Å². The van der Waals surface area contributed by atoms with Crippen molar-refractivity contribution in [2.45, 2.75) is 44.7 Å². The van der Waals surface area contributed by atoms with Crippen molar-refractivity contribution in [1.29, 1.82) is 0 Å². The summed E-state index contributed by atoms with van der Waals surface area (Å²) >= 11 is 0. The van der Waals surface area contributed by atoms with Crippen molar-refractivity contribution >= 4 is 0 Å². The smallest absolute Gasteiger partial charge is 0.0575 e. The average molecular weight is 241 g/mol. The Morgan fingerprint density at radius 2 is 1.94 bits per heavy atom. The fourth-order valence-electron chi connectivity index (χ4n) is 2.76. The summed E-state index contributed by atoms with van der Waals surface area (Å²) in [7, 11) is 0. The fourth-order valence-corrected chi connectivity index (χ4v) is 2.76. The predicted molar refractivity (Wildman–Crippen MR) is 78.5 cm³/mol. The molecule has 0 spiro atoms. The van der Waals surface area contributed by atoms with E-state index in [1.165, 1.54) is 36.8 Å². The minimum absolute atomic E-state index is 0.289. The van der Waals surface area contributed by atoms with Crippen LogP contribution < -0.4 is 5.32 Å². The summed E-state index contributed by atoms with van der Waals surface area (Å²) < 4.78 is 0. The van der Waals surface area contributed by atoms with E-state index < -0.39 is 0 Å². The van der Waals surface area contributed by atoms with Crippen molar-refractivity contribution in [2.24, 2.45) is 0 Å². The second kappa shape index (κ2) is 6.55. The lowest BCUT2D eigenvalue weighted by Gasteiger charge is -2.24. The summed E-state index contributed by atoms with van der Waals surface area (Å²) in [6, 6.07) is 11.6. The molecule has 1 nitrogen and oxygen atoms in total. The molecule has 0 aromatic heterocycles. The van der Waals surface area contributed by atoms with Gasteiger partial charge in [-0.05, 0) is 30.9 Å². The van der Waals surface area contributed by atoms with Gasteiger partial charge in [-0.25, -0.2) is 0 Å². The molecule has 1 fully saturated rings. The van der Waals surface area contributed by atoms with Gasteiger partial charge in [0.2, 0.25) is 0 Å². The standard InChI is InChI=1S/C17H23N/c1-3-14(4-2)17(15-10-6-5-7-11-15)18-16-12-8-9-13-16/h3-7,10-11,16-18H,1,8-9,12-13H2,2H3. The molecule has 96 valence electrons. The normalized spacial score (nSPS) is 18.8. The lowest BCUT2D eigenvalue weighted by Crippen LogP contribution is -2.31. The van der Waals surface area contributed by atoms with Gasteiger partial charge in [-0.3, -0.25) is 0 Å². The Hall–Kier alpha value is -1.34. The Bertz CT molecular complexity index is 399. The first-order valence-corrected chi connectivity index (χ1v) is 6.94. The van der Waals surface area contributed by atoms with Gasteiger partial charge in [-0.1, -0.05) is 61.9 Å². The molecule has 1 aliphatic rings. The molecular weight excluding hydrogens is 218 g/mol. The number of nitrogens with one attached hydrogen (secondary N) is 1. The third-order valence-corrected chi connectivity index (χ3v) is 3.79. The van der Waals surface area contributed by atoms with E-state index in [-0.39, 0.29) is 6.04 Å². The van der Waals surface area contributed by atoms with Crippen molar-refractivity contribution in [3.05, 3.63) is 60.2 Å². The first kappa shape index (κ1) is 13.1. The molecule has 0 radical (unpaired) electrons. The number of rotatable bonds is 5. The molecule has 1 saturated carbocycles. The van der Waals surface area contributed by atoms with Crippen LogP contribution in [0.2, 0.25) is 0 Å². The summed E-state index contributed by atoms with van der Waals surface area (Å²) in [5.74, 6) is 0. The number of hydrogen-bond acceptors (Lipinski definition) is 1. The lowest BCUT2D eigenvalue weighted by atomic mass is 9.97. The van der Waals surface area contributed by atoms with Crippen molar-refractivity contribution in [1.82, 2.24) is 5.32 Å². The van der Waals surface area contributed by atoms with Crippen LogP contribution in [-0.4, -0.2) is 6.04 Å². The summed E-state index contributed by atoms with van der Waals surface area (Å²) in [6.07, 6.45) is 9.46. The van der Waals surface area contributed by atoms with E-state index in [0.29, 0.717) is 6.04 Å². The van der Waals surface area contributed by atoms with Gasteiger partial charge in [0.25, 0.3) is 0 Å².